The number of pyridine rings is 1. The maximum atomic E-state index is 5.15. The lowest BCUT2D eigenvalue weighted by atomic mass is 9.94. The first-order chi connectivity index (χ1) is 28.2. The highest BCUT2D eigenvalue weighted by molar-refractivity contribution is 6.12. The molecule has 11 rings (SSSR count). The van der Waals surface area contributed by atoms with Crippen molar-refractivity contribution in [1.29, 1.82) is 0 Å². The quantitative estimate of drug-likeness (QED) is 0.167. The highest BCUT2D eigenvalue weighted by Gasteiger charge is 2.17. The maximum absolute atomic E-state index is 5.15. The molecule has 0 saturated heterocycles. The van der Waals surface area contributed by atoms with Crippen LogP contribution in [0.1, 0.15) is 19.0 Å². The molecular weight excluding hydrogens is 691 g/mol. The van der Waals surface area contributed by atoms with Gasteiger partial charge in [-0.2, -0.15) is 0 Å². The summed E-state index contributed by atoms with van der Waals surface area (Å²) in [5.74, 6) is 0.550. The second kappa shape index (κ2) is 13.5. The number of allylic oxidation sites excluding steroid dienone is 4. The first kappa shape index (κ1) is 33.1. The molecule has 1 aliphatic carbocycles. The van der Waals surface area contributed by atoms with Crippen LogP contribution in [-0.4, -0.2) is 14.1 Å². The summed E-state index contributed by atoms with van der Waals surface area (Å²) in [6.07, 6.45) is 7.88. The molecule has 10 aromatic rings. The van der Waals surface area contributed by atoms with Crippen LogP contribution in [0.5, 0.6) is 0 Å². The minimum atomic E-state index is 0.550. The molecule has 3 aromatic heterocycles. The van der Waals surface area contributed by atoms with E-state index in [4.69, 9.17) is 4.98 Å². The molecule has 1 unspecified atom stereocenters. The number of para-hydroxylation sites is 3. The van der Waals surface area contributed by atoms with Crippen molar-refractivity contribution in [2.45, 2.75) is 13.3 Å². The van der Waals surface area contributed by atoms with Gasteiger partial charge in [-0.1, -0.05) is 134 Å². The van der Waals surface area contributed by atoms with Crippen molar-refractivity contribution in [3.8, 4) is 44.9 Å². The van der Waals surface area contributed by atoms with Crippen LogP contribution in [0.3, 0.4) is 0 Å². The van der Waals surface area contributed by atoms with Gasteiger partial charge in [-0.25, -0.2) is 4.98 Å². The van der Waals surface area contributed by atoms with E-state index in [0.29, 0.717) is 5.92 Å². The lowest BCUT2D eigenvalue weighted by Crippen LogP contribution is -1.98. The topological polar surface area (TPSA) is 22.8 Å². The van der Waals surface area contributed by atoms with E-state index in [1.54, 1.807) is 0 Å². The Morgan fingerprint density at radius 2 is 0.930 bits per heavy atom. The molecule has 3 nitrogen and oxygen atoms in total. The number of nitrogens with zero attached hydrogens (tertiary/aromatic N) is 3. The third-order valence-corrected chi connectivity index (χ3v) is 11.7. The van der Waals surface area contributed by atoms with Crippen molar-refractivity contribution < 1.29 is 0 Å². The SMILES string of the molecule is CC1C=CC(c2cc(-c3ccc(-n4c5ccccc5c5cc(-c6ccc7c(c6)c6ccccc6n7-c6ccccc6)ccc54)cc3)cc(-c3ccccc3)n2)=CC1. The van der Waals surface area contributed by atoms with Crippen molar-refractivity contribution in [1.82, 2.24) is 14.1 Å². The first-order valence-corrected chi connectivity index (χ1v) is 19.9. The molecule has 0 saturated carbocycles. The molecule has 0 spiro atoms. The normalized spacial score (nSPS) is 14.2. The predicted molar refractivity (Wildman–Crippen MR) is 240 cm³/mol. The standard InChI is InChI=1S/C54H39N3/c1-36-20-22-39(23-21-36)50-35-42(34-49(55-50)38-12-4-2-5-13-38)37-24-28-44(29-25-37)57-52-19-11-9-17-46(52)48-33-41(27-31-54(48)57)40-26-30-53-47(32-40)45-16-8-10-18-51(45)56(53)43-14-6-3-7-15-43/h2-20,22-36H,21H2,1H3. The highest BCUT2D eigenvalue weighted by Crippen LogP contribution is 2.39. The monoisotopic (exact) mass is 729 g/mol. The van der Waals surface area contributed by atoms with Gasteiger partial charge >= 0.3 is 0 Å². The van der Waals surface area contributed by atoms with E-state index in [1.165, 1.54) is 71.6 Å². The Bertz CT molecular complexity index is 3200. The fourth-order valence-electron chi connectivity index (χ4n) is 8.76. The van der Waals surface area contributed by atoms with Crippen LogP contribution in [0.2, 0.25) is 0 Å². The highest BCUT2D eigenvalue weighted by atomic mass is 15.0. The van der Waals surface area contributed by atoms with Crippen molar-refractivity contribution in [3.63, 3.8) is 0 Å². The summed E-state index contributed by atoms with van der Waals surface area (Å²) >= 11 is 0. The summed E-state index contributed by atoms with van der Waals surface area (Å²) in [4.78, 5) is 5.15. The Kier molecular flexibility index (Phi) is 7.85. The summed E-state index contributed by atoms with van der Waals surface area (Å²) in [6, 6.07) is 66.0. The number of hydrogen-bond acceptors (Lipinski definition) is 1. The number of benzene rings is 7. The lowest BCUT2D eigenvalue weighted by Gasteiger charge is -2.15. The van der Waals surface area contributed by atoms with Crippen LogP contribution in [0.15, 0.2) is 200 Å². The fourth-order valence-corrected chi connectivity index (χ4v) is 8.76. The average molecular weight is 730 g/mol. The number of aromatic nitrogens is 3. The van der Waals surface area contributed by atoms with E-state index in [2.05, 4.69) is 216 Å². The number of fused-ring (bicyclic) bond motifs is 6. The van der Waals surface area contributed by atoms with Crippen LogP contribution >= 0.6 is 0 Å². The van der Waals surface area contributed by atoms with Gasteiger partial charge in [0.15, 0.2) is 0 Å². The number of hydrogen-bond donors (Lipinski definition) is 0. The molecule has 3 heteroatoms. The molecule has 0 bridgehead atoms. The molecule has 3 heterocycles. The van der Waals surface area contributed by atoms with Crippen LogP contribution < -0.4 is 0 Å². The molecule has 270 valence electrons. The van der Waals surface area contributed by atoms with Crippen molar-refractivity contribution in [2.75, 3.05) is 0 Å². The van der Waals surface area contributed by atoms with E-state index < -0.39 is 0 Å². The Balaban J connectivity index is 0.999. The van der Waals surface area contributed by atoms with E-state index in [1.807, 2.05) is 0 Å². The largest absolute Gasteiger partial charge is 0.309 e. The van der Waals surface area contributed by atoms with E-state index in [0.717, 1.165) is 34.6 Å². The van der Waals surface area contributed by atoms with Crippen molar-refractivity contribution >= 4 is 49.2 Å². The van der Waals surface area contributed by atoms with Gasteiger partial charge in [0.1, 0.15) is 0 Å². The van der Waals surface area contributed by atoms with Gasteiger partial charge in [0.25, 0.3) is 0 Å². The summed E-state index contributed by atoms with van der Waals surface area (Å²) in [6.45, 7) is 2.26. The molecule has 0 radical (unpaired) electrons. The fraction of sp³-hybridized carbons (Fsp3) is 0.0556. The Labute approximate surface area is 332 Å². The Morgan fingerprint density at radius 1 is 0.421 bits per heavy atom. The van der Waals surface area contributed by atoms with Gasteiger partial charge in [-0.15, -0.1) is 0 Å². The molecule has 0 aliphatic heterocycles. The summed E-state index contributed by atoms with van der Waals surface area (Å²) in [5, 5.41) is 5.01. The second-order valence-electron chi connectivity index (χ2n) is 15.3. The van der Waals surface area contributed by atoms with Crippen LogP contribution in [0.25, 0.3) is 94.1 Å². The van der Waals surface area contributed by atoms with Gasteiger partial charge in [-0.3, -0.25) is 0 Å². The van der Waals surface area contributed by atoms with Crippen LogP contribution in [0.4, 0.5) is 0 Å². The average Bonchev–Trinajstić information content (AvgIpc) is 3.79. The summed E-state index contributed by atoms with van der Waals surface area (Å²) in [5.41, 5.74) is 16.2. The van der Waals surface area contributed by atoms with E-state index in [-0.39, 0.29) is 0 Å². The Hall–Kier alpha value is -7.23. The molecule has 0 amide bonds. The van der Waals surface area contributed by atoms with E-state index >= 15 is 0 Å². The molecule has 1 atom stereocenters. The third kappa shape index (κ3) is 5.70. The van der Waals surface area contributed by atoms with Crippen LogP contribution in [-0.2, 0) is 0 Å². The van der Waals surface area contributed by atoms with Gasteiger partial charge in [0, 0.05) is 38.5 Å². The van der Waals surface area contributed by atoms with Gasteiger partial charge in [-0.05, 0) is 113 Å². The van der Waals surface area contributed by atoms with E-state index in [9.17, 15) is 0 Å². The number of rotatable bonds is 6. The first-order valence-electron chi connectivity index (χ1n) is 19.9. The second-order valence-corrected chi connectivity index (χ2v) is 15.3. The molecule has 0 fully saturated rings. The van der Waals surface area contributed by atoms with Crippen LogP contribution in [0, 0.1) is 5.92 Å². The molecule has 7 aromatic carbocycles. The van der Waals surface area contributed by atoms with Gasteiger partial charge < -0.3 is 9.13 Å². The van der Waals surface area contributed by atoms with Crippen molar-refractivity contribution in [2.24, 2.45) is 5.92 Å². The van der Waals surface area contributed by atoms with Crippen molar-refractivity contribution in [3.05, 3.63) is 206 Å². The molecule has 1 aliphatic rings. The summed E-state index contributed by atoms with van der Waals surface area (Å²) in [7, 11) is 0. The smallest absolute Gasteiger partial charge is 0.0715 e. The lowest BCUT2D eigenvalue weighted by molar-refractivity contribution is 0.738. The Morgan fingerprint density at radius 3 is 1.53 bits per heavy atom. The van der Waals surface area contributed by atoms with Gasteiger partial charge in [0.2, 0.25) is 0 Å². The minimum absolute atomic E-state index is 0.550. The maximum Gasteiger partial charge on any atom is 0.0715 e. The summed E-state index contributed by atoms with van der Waals surface area (Å²) < 4.78 is 4.78. The minimum Gasteiger partial charge on any atom is -0.309 e. The predicted octanol–water partition coefficient (Wildman–Crippen LogP) is 14.3. The molecular formula is C54H39N3. The van der Waals surface area contributed by atoms with Gasteiger partial charge in [0.05, 0.1) is 33.5 Å². The zero-order chi connectivity index (χ0) is 37.9. The third-order valence-electron chi connectivity index (χ3n) is 11.7. The molecule has 0 N–H and O–H groups in total. The zero-order valence-electron chi connectivity index (χ0n) is 31.7. The zero-order valence-corrected chi connectivity index (χ0v) is 31.7. The molecule has 57 heavy (non-hydrogen) atoms.